The number of azide groups is 2. The zero-order chi connectivity index (χ0) is 28.9. The largest absolute Gasteiger partial charge is 0.462 e. The molecule has 0 aliphatic carbocycles. The van der Waals surface area contributed by atoms with E-state index in [1.165, 1.54) is 51.4 Å². The van der Waals surface area contributed by atoms with E-state index in [9.17, 15) is 9.59 Å². The highest BCUT2D eigenvalue weighted by Crippen LogP contribution is 2.13. The summed E-state index contributed by atoms with van der Waals surface area (Å²) in [6, 6.07) is 6.45. The molecule has 0 N–H and O–H groups in total. The van der Waals surface area contributed by atoms with Crippen molar-refractivity contribution in [3.8, 4) is 0 Å². The van der Waals surface area contributed by atoms with Gasteiger partial charge in [0.2, 0.25) is 0 Å². The second kappa shape index (κ2) is 26.0. The first-order valence-electron chi connectivity index (χ1n) is 15.1. The van der Waals surface area contributed by atoms with Crippen LogP contribution in [0.4, 0.5) is 0 Å². The highest BCUT2D eigenvalue weighted by Gasteiger charge is 2.11. The van der Waals surface area contributed by atoms with Gasteiger partial charge in [-0.1, -0.05) is 100 Å². The minimum atomic E-state index is -0.367. The topological polar surface area (TPSA) is 150 Å². The first kappa shape index (κ1) is 34.8. The van der Waals surface area contributed by atoms with Crippen LogP contribution < -0.4 is 0 Å². The molecule has 1 rings (SSSR count). The first-order chi connectivity index (χ1) is 19.7. The van der Waals surface area contributed by atoms with Gasteiger partial charge in [-0.15, -0.1) is 0 Å². The van der Waals surface area contributed by atoms with Crippen molar-refractivity contribution in [1.29, 1.82) is 0 Å². The molecule has 0 fully saturated rings. The van der Waals surface area contributed by atoms with E-state index in [0.717, 1.165) is 64.2 Å². The highest BCUT2D eigenvalue weighted by atomic mass is 16.5. The summed E-state index contributed by atoms with van der Waals surface area (Å²) in [5, 5.41) is 7.08. The smallest absolute Gasteiger partial charge is 0.338 e. The van der Waals surface area contributed by atoms with Crippen LogP contribution in [0.2, 0.25) is 0 Å². The normalized spacial score (nSPS) is 10.4. The molecule has 0 saturated heterocycles. The monoisotopic (exact) mass is 556 g/mol. The van der Waals surface area contributed by atoms with E-state index >= 15 is 0 Å². The molecule has 0 spiro atoms. The minimum absolute atomic E-state index is 0.367. The predicted molar refractivity (Wildman–Crippen MR) is 158 cm³/mol. The SMILES string of the molecule is [N-]=[N+]=NCCCCCCCCCCCOC(=O)c1ccc(C(=O)OCCCCCCCCCCCN=[N+]=[N-])cc1. The lowest BCUT2D eigenvalue weighted by molar-refractivity contribution is 0.0483. The number of esters is 2. The number of rotatable bonds is 26. The van der Waals surface area contributed by atoms with Crippen LogP contribution in [0.5, 0.6) is 0 Å². The van der Waals surface area contributed by atoms with E-state index < -0.39 is 0 Å². The number of unbranched alkanes of at least 4 members (excludes halogenated alkanes) is 16. The summed E-state index contributed by atoms with van der Waals surface area (Å²) in [4.78, 5) is 30.0. The Balaban J connectivity index is 2.01. The van der Waals surface area contributed by atoms with Gasteiger partial charge in [0.25, 0.3) is 0 Å². The Morgan fingerprint density at radius 1 is 0.500 bits per heavy atom. The molecule has 0 bridgehead atoms. The van der Waals surface area contributed by atoms with Crippen molar-refractivity contribution in [2.45, 2.75) is 116 Å². The quantitative estimate of drug-likeness (QED) is 0.0366. The molecule has 40 heavy (non-hydrogen) atoms. The lowest BCUT2D eigenvalue weighted by atomic mass is 10.1. The van der Waals surface area contributed by atoms with Crippen LogP contribution in [0, 0.1) is 0 Å². The highest BCUT2D eigenvalue weighted by molar-refractivity contribution is 5.93. The van der Waals surface area contributed by atoms with Crippen LogP contribution in [0.3, 0.4) is 0 Å². The van der Waals surface area contributed by atoms with Gasteiger partial charge in [0.05, 0.1) is 24.3 Å². The van der Waals surface area contributed by atoms with Gasteiger partial charge in [-0.05, 0) is 61.0 Å². The van der Waals surface area contributed by atoms with Crippen molar-refractivity contribution in [2.75, 3.05) is 26.3 Å². The lowest BCUT2D eigenvalue weighted by Crippen LogP contribution is -2.09. The summed E-state index contributed by atoms with van der Waals surface area (Å²) in [6.07, 6.45) is 19.8. The molecule has 222 valence electrons. The second-order valence-electron chi connectivity index (χ2n) is 10.1. The Morgan fingerprint density at radius 2 is 0.775 bits per heavy atom. The molecule has 0 radical (unpaired) electrons. The number of benzene rings is 1. The molecule has 10 heteroatoms. The zero-order valence-electron chi connectivity index (χ0n) is 24.2. The van der Waals surface area contributed by atoms with E-state index in [2.05, 4.69) is 20.1 Å². The van der Waals surface area contributed by atoms with Crippen LogP contribution >= 0.6 is 0 Å². The van der Waals surface area contributed by atoms with Crippen LogP contribution in [0.15, 0.2) is 34.5 Å². The summed E-state index contributed by atoms with van der Waals surface area (Å²) in [5.74, 6) is -0.734. The maximum atomic E-state index is 12.3. The molecule has 0 aliphatic heterocycles. The average molecular weight is 557 g/mol. The van der Waals surface area contributed by atoms with Crippen molar-refractivity contribution in [3.63, 3.8) is 0 Å². The van der Waals surface area contributed by atoms with Gasteiger partial charge in [-0.2, -0.15) is 0 Å². The standard InChI is InChI=1S/C30H48N6O4/c31-35-33-23-15-11-7-3-1-5-9-13-17-25-39-29(37)27-19-21-28(22-20-27)30(38)40-26-18-14-10-6-2-4-8-12-16-24-34-36-32/h19-22H,1-18,23-26H2. The molecular formula is C30H48N6O4. The molecule has 0 aromatic heterocycles. The van der Waals surface area contributed by atoms with Gasteiger partial charge < -0.3 is 9.47 Å². The third-order valence-corrected chi connectivity index (χ3v) is 6.75. The van der Waals surface area contributed by atoms with Gasteiger partial charge in [-0.3, -0.25) is 0 Å². The van der Waals surface area contributed by atoms with E-state index in [-0.39, 0.29) is 11.9 Å². The Morgan fingerprint density at radius 3 is 1.07 bits per heavy atom. The molecule has 1 aromatic carbocycles. The second-order valence-corrected chi connectivity index (χ2v) is 10.1. The fourth-order valence-electron chi connectivity index (χ4n) is 4.37. The van der Waals surface area contributed by atoms with Crippen molar-refractivity contribution >= 4 is 11.9 Å². The average Bonchev–Trinajstić information content (AvgIpc) is 2.97. The molecule has 10 nitrogen and oxygen atoms in total. The Hall–Kier alpha value is -3.22. The molecule has 0 amide bonds. The van der Waals surface area contributed by atoms with Crippen molar-refractivity contribution in [3.05, 3.63) is 56.3 Å². The molecule has 0 saturated carbocycles. The third-order valence-electron chi connectivity index (χ3n) is 6.75. The van der Waals surface area contributed by atoms with Crippen LogP contribution in [-0.2, 0) is 9.47 Å². The van der Waals surface area contributed by atoms with Gasteiger partial charge in [0.15, 0.2) is 0 Å². The van der Waals surface area contributed by atoms with E-state index in [0.29, 0.717) is 37.4 Å². The summed E-state index contributed by atoms with van der Waals surface area (Å²) in [6.45, 7) is 2.00. The Bertz CT molecular complexity index is 823. The maximum absolute atomic E-state index is 12.3. The summed E-state index contributed by atoms with van der Waals surface area (Å²) >= 11 is 0. The van der Waals surface area contributed by atoms with Gasteiger partial charge in [0.1, 0.15) is 0 Å². The predicted octanol–water partition coefficient (Wildman–Crippen LogP) is 9.64. The summed E-state index contributed by atoms with van der Waals surface area (Å²) < 4.78 is 10.7. The van der Waals surface area contributed by atoms with E-state index in [4.69, 9.17) is 20.5 Å². The van der Waals surface area contributed by atoms with E-state index in [1.807, 2.05) is 0 Å². The number of carbonyl (C=O) groups excluding carboxylic acids is 2. The molecule has 1 aromatic rings. The molecule has 0 heterocycles. The number of hydrogen-bond acceptors (Lipinski definition) is 6. The molecular weight excluding hydrogens is 508 g/mol. The zero-order valence-corrected chi connectivity index (χ0v) is 24.2. The fraction of sp³-hybridized carbons (Fsp3) is 0.733. The number of nitrogens with zero attached hydrogens (tertiary/aromatic N) is 6. The third kappa shape index (κ3) is 19.8. The van der Waals surface area contributed by atoms with Gasteiger partial charge in [0, 0.05) is 22.9 Å². The van der Waals surface area contributed by atoms with Gasteiger partial charge in [-0.25, -0.2) is 9.59 Å². The van der Waals surface area contributed by atoms with Crippen LogP contribution in [0.25, 0.3) is 20.9 Å². The van der Waals surface area contributed by atoms with Gasteiger partial charge >= 0.3 is 11.9 Å². The molecule has 0 atom stereocenters. The molecule has 0 aliphatic rings. The summed E-state index contributed by atoms with van der Waals surface area (Å²) in [7, 11) is 0. The minimum Gasteiger partial charge on any atom is -0.462 e. The van der Waals surface area contributed by atoms with Crippen LogP contribution in [-0.4, -0.2) is 38.2 Å². The maximum Gasteiger partial charge on any atom is 0.338 e. The number of carbonyl (C=O) groups is 2. The lowest BCUT2D eigenvalue weighted by Gasteiger charge is -2.07. The van der Waals surface area contributed by atoms with E-state index in [1.54, 1.807) is 24.3 Å². The van der Waals surface area contributed by atoms with Crippen molar-refractivity contribution < 1.29 is 19.1 Å². The fourth-order valence-corrected chi connectivity index (χ4v) is 4.37. The first-order valence-corrected chi connectivity index (χ1v) is 15.1. The van der Waals surface area contributed by atoms with Crippen molar-refractivity contribution in [1.82, 2.24) is 0 Å². The number of ether oxygens (including phenoxy) is 2. The van der Waals surface area contributed by atoms with Crippen molar-refractivity contribution in [2.24, 2.45) is 10.2 Å². The molecule has 0 unspecified atom stereocenters. The summed E-state index contributed by atoms with van der Waals surface area (Å²) in [5.41, 5.74) is 17.3. The van der Waals surface area contributed by atoms with Crippen LogP contribution in [0.1, 0.15) is 136 Å². The number of hydrogen-bond donors (Lipinski definition) is 0. The Kier molecular flexibility index (Phi) is 22.6. The Labute approximate surface area is 239 Å².